The van der Waals surface area contributed by atoms with E-state index in [9.17, 15) is 0 Å². The van der Waals surface area contributed by atoms with Crippen molar-refractivity contribution in [2.75, 3.05) is 6.61 Å². The molecular formula is C8H16O2. The van der Waals surface area contributed by atoms with Gasteiger partial charge in [-0.2, -0.15) is 0 Å². The van der Waals surface area contributed by atoms with E-state index < -0.39 is 6.29 Å². The van der Waals surface area contributed by atoms with Gasteiger partial charge >= 0.3 is 0 Å². The largest absolute Gasteiger partial charge is 0.368 e. The standard InChI is InChI=1S/C8H16O2/c1-4-8(9)10-6-5-7(2)3/h8-9H,2,4-6H2,1,3H3. The number of hydrogen-bond acceptors (Lipinski definition) is 2. The quantitative estimate of drug-likeness (QED) is 0.470. The highest BCUT2D eigenvalue weighted by Crippen LogP contribution is 1.98. The number of ether oxygens (including phenoxy) is 1. The molecule has 0 heterocycles. The summed E-state index contributed by atoms with van der Waals surface area (Å²) in [5.74, 6) is 0. The van der Waals surface area contributed by atoms with Crippen LogP contribution in [0, 0.1) is 0 Å². The lowest BCUT2D eigenvalue weighted by molar-refractivity contribution is -0.0988. The van der Waals surface area contributed by atoms with Crippen molar-refractivity contribution in [3.8, 4) is 0 Å². The Labute approximate surface area is 62.5 Å². The summed E-state index contributed by atoms with van der Waals surface area (Å²) in [7, 11) is 0. The maximum Gasteiger partial charge on any atom is 0.154 e. The Morgan fingerprint density at radius 3 is 2.70 bits per heavy atom. The van der Waals surface area contributed by atoms with E-state index in [4.69, 9.17) is 9.84 Å². The summed E-state index contributed by atoms with van der Waals surface area (Å²) in [6.45, 7) is 8.12. The smallest absolute Gasteiger partial charge is 0.154 e. The lowest BCUT2D eigenvalue weighted by Crippen LogP contribution is -2.10. The van der Waals surface area contributed by atoms with E-state index in [1.165, 1.54) is 0 Å². The molecule has 0 aromatic rings. The number of aliphatic hydroxyl groups excluding tert-OH is 1. The minimum absolute atomic E-state index is 0.574. The third-order valence-electron chi connectivity index (χ3n) is 1.19. The number of rotatable bonds is 5. The number of hydrogen-bond donors (Lipinski definition) is 1. The molecule has 1 N–H and O–H groups in total. The monoisotopic (exact) mass is 144 g/mol. The molecule has 2 heteroatoms. The molecule has 0 aliphatic heterocycles. The van der Waals surface area contributed by atoms with E-state index in [2.05, 4.69) is 6.58 Å². The summed E-state index contributed by atoms with van der Waals surface area (Å²) in [4.78, 5) is 0. The molecule has 0 radical (unpaired) electrons. The van der Waals surface area contributed by atoms with Crippen LogP contribution in [0.5, 0.6) is 0 Å². The van der Waals surface area contributed by atoms with Gasteiger partial charge in [0.1, 0.15) is 0 Å². The molecule has 0 bridgehead atoms. The van der Waals surface area contributed by atoms with Crippen molar-refractivity contribution < 1.29 is 9.84 Å². The van der Waals surface area contributed by atoms with Gasteiger partial charge in [0.15, 0.2) is 6.29 Å². The molecule has 60 valence electrons. The van der Waals surface area contributed by atoms with Crippen molar-refractivity contribution in [3.63, 3.8) is 0 Å². The van der Waals surface area contributed by atoms with Gasteiger partial charge in [-0.1, -0.05) is 12.5 Å². The molecule has 0 spiro atoms. The van der Waals surface area contributed by atoms with Crippen LogP contribution in [0.2, 0.25) is 0 Å². The zero-order valence-electron chi connectivity index (χ0n) is 6.76. The summed E-state index contributed by atoms with van der Waals surface area (Å²) in [6, 6.07) is 0. The second-order valence-corrected chi connectivity index (χ2v) is 2.44. The van der Waals surface area contributed by atoms with Crippen molar-refractivity contribution in [3.05, 3.63) is 12.2 Å². The van der Waals surface area contributed by atoms with Crippen molar-refractivity contribution in [2.24, 2.45) is 0 Å². The Balaban J connectivity index is 3.11. The average molecular weight is 144 g/mol. The summed E-state index contributed by atoms with van der Waals surface area (Å²) in [5, 5.41) is 8.92. The predicted molar refractivity (Wildman–Crippen MR) is 41.7 cm³/mol. The minimum Gasteiger partial charge on any atom is -0.368 e. The highest BCUT2D eigenvalue weighted by molar-refractivity contribution is 4.87. The fraction of sp³-hybridized carbons (Fsp3) is 0.750. The Kier molecular flexibility index (Phi) is 5.26. The van der Waals surface area contributed by atoms with Crippen LogP contribution in [0.15, 0.2) is 12.2 Å². The van der Waals surface area contributed by atoms with Crippen LogP contribution in [0.4, 0.5) is 0 Å². The van der Waals surface area contributed by atoms with Gasteiger partial charge in [0.25, 0.3) is 0 Å². The van der Waals surface area contributed by atoms with Crippen LogP contribution in [-0.4, -0.2) is 18.0 Å². The van der Waals surface area contributed by atoms with E-state index in [1.807, 2.05) is 13.8 Å². The first-order valence-corrected chi connectivity index (χ1v) is 3.61. The molecule has 0 aliphatic carbocycles. The molecule has 1 atom stereocenters. The molecular weight excluding hydrogens is 128 g/mol. The van der Waals surface area contributed by atoms with Crippen LogP contribution in [0.25, 0.3) is 0 Å². The van der Waals surface area contributed by atoms with E-state index in [1.54, 1.807) is 0 Å². The molecule has 1 unspecified atom stereocenters. The van der Waals surface area contributed by atoms with Crippen LogP contribution < -0.4 is 0 Å². The predicted octanol–water partition coefficient (Wildman–Crippen LogP) is 1.70. The highest BCUT2D eigenvalue weighted by Gasteiger charge is 1.97. The molecule has 0 saturated heterocycles. The topological polar surface area (TPSA) is 29.5 Å². The molecule has 0 aromatic carbocycles. The zero-order valence-corrected chi connectivity index (χ0v) is 6.76. The van der Waals surface area contributed by atoms with Crippen molar-refractivity contribution >= 4 is 0 Å². The van der Waals surface area contributed by atoms with Gasteiger partial charge in [0, 0.05) is 0 Å². The molecule has 0 saturated carbocycles. The highest BCUT2D eigenvalue weighted by atomic mass is 16.6. The fourth-order valence-corrected chi connectivity index (χ4v) is 0.487. The first-order chi connectivity index (χ1) is 4.66. The van der Waals surface area contributed by atoms with E-state index >= 15 is 0 Å². The van der Waals surface area contributed by atoms with Crippen molar-refractivity contribution in [2.45, 2.75) is 33.0 Å². The molecule has 10 heavy (non-hydrogen) atoms. The first-order valence-electron chi connectivity index (χ1n) is 3.61. The minimum atomic E-state index is -0.598. The molecule has 2 nitrogen and oxygen atoms in total. The van der Waals surface area contributed by atoms with Gasteiger partial charge in [-0.3, -0.25) is 0 Å². The fourth-order valence-electron chi connectivity index (χ4n) is 0.487. The SMILES string of the molecule is C=C(C)CCOC(O)CC. The van der Waals surface area contributed by atoms with Crippen LogP contribution in [-0.2, 0) is 4.74 Å². The van der Waals surface area contributed by atoms with E-state index in [-0.39, 0.29) is 0 Å². The Hall–Kier alpha value is -0.340. The van der Waals surface area contributed by atoms with Crippen molar-refractivity contribution in [1.29, 1.82) is 0 Å². The molecule has 0 fully saturated rings. The Morgan fingerprint density at radius 1 is 1.70 bits per heavy atom. The summed E-state index contributed by atoms with van der Waals surface area (Å²) in [6.07, 6.45) is 0.882. The van der Waals surface area contributed by atoms with Gasteiger partial charge in [-0.05, 0) is 19.8 Å². The van der Waals surface area contributed by atoms with Crippen molar-refractivity contribution in [1.82, 2.24) is 0 Å². The molecule has 0 aliphatic rings. The van der Waals surface area contributed by atoms with Gasteiger partial charge < -0.3 is 9.84 Å². The summed E-state index contributed by atoms with van der Waals surface area (Å²) < 4.78 is 5.00. The van der Waals surface area contributed by atoms with Gasteiger partial charge in [0.2, 0.25) is 0 Å². The first kappa shape index (κ1) is 9.66. The summed E-state index contributed by atoms with van der Waals surface area (Å²) >= 11 is 0. The summed E-state index contributed by atoms with van der Waals surface area (Å²) in [5.41, 5.74) is 1.09. The Morgan fingerprint density at radius 2 is 2.30 bits per heavy atom. The molecule has 0 aromatic heterocycles. The van der Waals surface area contributed by atoms with Gasteiger partial charge in [-0.15, -0.1) is 6.58 Å². The lowest BCUT2D eigenvalue weighted by atomic mass is 10.3. The van der Waals surface area contributed by atoms with Gasteiger partial charge in [-0.25, -0.2) is 0 Å². The third-order valence-corrected chi connectivity index (χ3v) is 1.19. The molecule has 0 rings (SSSR count). The molecule has 0 amide bonds. The van der Waals surface area contributed by atoms with E-state index in [0.29, 0.717) is 13.0 Å². The second-order valence-electron chi connectivity index (χ2n) is 2.44. The van der Waals surface area contributed by atoms with Crippen LogP contribution in [0.3, 0.4) is 0 Å². The van der Waals surface area contributed by atoms with Gasteiger partial charge in [0.05, 0.1) is 6.61 Å². The zero-order chi connectivity index (χ0) is 7.98. The maximum atomic E-state index is 8.92. The number of aliphatic hydroxyl groups is 1. The second kappa shape index (κ2) is 5.45. The maximum absolute atomic E-state index is 8.92. The lowest BCUT2D eigenvalue weighted by Gasteiger charge is -2.08. The van der Waals surface area contributed by atoms with E-state index in [0.717, 1.165) is 12.0 Å². The third kappa shape index (κ3) is 5.79. The van der Waals surface area contributed by atoms with Crippen LogP contribution >= 0.6 is 0 Å². The Bertz CT molecular complexity index is 99.4. The average Bonchev–Trinajstić information content (AvgIpc) is 1.87. The van der Waals surface area contributed by atoms with Crippen LogP contribution in [0.1, 0.15) is 26.7 Å². The normalized spacial score (nSPS) is 13.1.